The van der Waals surface area contributed by atoms with Gasteiger partial charge in [0.1, 0.15) is 0 Å². The number of carbonyl (C=O) groups is 2. The fraction of sp³-hybridized carbons (Fsp3) is 0.385. The molecule has 0 bridgehead atoms. The number of benzene rings is 1. The Kier molecular flexibility index (Phi) is 4.26. The van der Waals surface area contributed by atoms with Gasteiger partial charge in [0, 0.05) is 12.1 Å². The maximum Gasteiger partial charge on any atom is 0.311 e. The summed E-state index contributed by atoms with van der Waals surface area (Å²) in [6.07, 6.45) is 0.470. The molecule has 0 saturated carbocycles. The summed E-state index contributed by atoms with van der Waals surface area (Å²) < 4.78 is 0. The average Bonchev–Trinajstić information content (AvgIpc) is 2.36. The molecule has 1 unspecified atom stereocenters. The Labute approximate surface area is 101 Å². The number of nitrogens with one attached hydrogen (secondary N) is 1. The van der Waals surface area contributed by atoms with Gasteiger partial charge >= 0.3 is 5.97 Å². The van der Waals surface area contributed by atoms with Crippen molar-refractivity contribution in [3.8, 4) is 0 Å². The lowest BCUT2D eigenvalue weighted by molar-refractivity contribution is -0.147. The summed E-state index contributed by atoms with van der Waals surface area (Å²) in [7, 11) is 0. The fourth-order valence-corrected chi connectivity index (χ4v) is 1.32. The molecule has 17 heavy (non-hydrogen) atoms. The van der Waals surface area contributed by atoms with Gasteiger partial charge in [-0.1, -0.05) is 25.1 Å². The van der Waals surface area contributed by atoms with E-state index in [4.69, 9.17) is 5.11 Å². The number of carboxylic acids is 1. The summed E-state index contributed by atoms with van der Waals surface area (Å²) in [5, 5.41) is 11.7. The Bertz CT molecular complexity index is 402. The van der Waals surface area contributed by atoms with Gasteiger partial charge in [0.25, 0.3) is 5.91 Å². The van der Waals surface area contributed by atoms with Crippen LogP contribution in [0.15, 0.2) is 30.3 Å². The number of carbonyl (C=O) groups excluding carboxylic acids is 1. The molecule has 0 fully saturated rings. The first-order valence-electron chi connectivity index (χ1n) is 5.56. The molecule has 1 amide bonds. The maximum absolute atomic E-state index is 11.7. The van der Waals surface area contributed by atoms with E-state index in [1.54, 1.807) is 38.1 Å². The van der Waals surface area contributed by atoms with E-state index < -0.39 is 11.4 Å². The zero-order valence-corrected chi connectivity index (χ0v) is 10.1. The minimum absolute atomic E-state index is 0.132. The standard InChI is InChI=1S/C13H17NO3/c1-3-13(2,12(16)17)9-14-11(15)10-7-5-4-6-8-10/h4-8H,3,9H2,1-2H3,(H,14,15)(H,16,17). The van der Waals surface area contributed by atoms with E-state index in [1.807, 2.05) is 6.07 Å². The van der Waals surface area contributed by atoms with E-state index in [-0.39, 0.29) is 12.5 Å². The highest BCUT2D eigenvalue weighted by molar-refractivity contribution is 5.94. The first-order valence-corrected chi connectivity index (χ1v) is 5.56. The van der Waals surface area contributed by atoms with Crippen LogP contribution in [0.2, 0.25) is 0 Å². The van der Waals surface area contributed by atoms with Gasteiger partial charge in [-0.2, -0.15) is 0 Å². The van der Waals surface area contributed by atoms with Crippen LogP contribution in [0.5, 0.6) is 0 Å². The number of hydrogen-bond donors (Lipinski definition) is 2. The third-order valence-electron chi connectivity index (χ3n) is 2.97. The summed E-state index contributed by atoms with van der Waals surface area (Å²) in [5.41, 5.74) is -0.374. The molecule has 0 radical (unpaired) electrons. The largest absolute Gasteiger partial charge is 0.481 e. The minimum Gasteiger partial charge on any atom is -0.481 e. The molecule has 4 heteroatoms. The van der Waals surface area contributed by atoms with Gasteiger partial charge in [-0.25, -0.2) is 0 Å². The van der Waals surface area contributed by atoms with Crippen molar-refractivity contribution >= 4 is 11.9 Å². The third-order valence-corrected chi connectivity index (χ3v) is 2.97. The van der Waals surface area contributed by atoms with Crippen LogP contribution in [0.1, 0.15) is 30.6 Å². The lowest BCUT2D eigenvalue weighted by Crippen LogP contribution is -2.40. The van der Waals surface area contributed by atoms with E-state index >= 15 is 0 Å². The number of hydrogen-bond acceptors (Lipinski definition) is 2. The SMILES string of the molecule is CCC(C)(CNC(=O)c1ccccc1)C(=O)O. The van der Waals surface area contributed by atoms with Crippen molar-refractivity contribution in [2.45, 2.75) is 20.3 Å². The van der Waals surface area contributed by atoms with E-state index in [0.717, 1.165) is 0 Å². The Hall–Kier alpha value is -1.84. The molecule has 0 aliphatic heterocycles. The van der Waals surface area contributed by atoms with Crippen molar-refractivity contribution < 1.29 is 14.7 Å². The van der Waals surface area contributed by atoms with E-state index in [2.05, 4.69) is 5.32 Å². The first-order chi connectivity index (χ1) is 7.99. The third kappa shape index (κ3) is 3.31. The van der Waals surface area contributed by atoms with Gasteiger partial charge in [0.05, 0.1) is 5.41 Å². The molecule has 2 N–H and O–H groups in total. The van der Waals surface area contributed by atoms with Crippen LogP contribution in [-0.4, -0.2) is 23.5 Å². The van der Waals surface area contributed by atoms with Crippen molar-refractivity contribution in [3.05, 3.63) is 35.9 Å². The second-order valence-electron chi connectivity index (χ2n) is 4.27. The topological polar surface area (TPSA) is 66.4 Å². The zero-order chi connectivity index (χ0) is 12.9. The van der Waals surface area contributed by atoms with Gasteiger partial charge in [-0.05, 0) is 25.5 Å². The molecule has 1 atom stereocenters. The van der Waals surface area contributed by atoms with Gasteiger partial charge in [-0.15, -0.1) is 0 Å². The number of rotatable bonds is 5. The Balaban J connectivity index is 2.63. The van der Waals surface area contributed by atoms with E-state index in [1.165, 1.54) is 0 Å². The first kappa shape index (κ1) is 13.2. The number of carboxylic acid groups (broad SMARTS) is 1. The monoisotopic (exact) mass is 235 g/mol. The average molecular weight is 235 g/mol. The molecule has 0 aliphatic carbocycles. The van der Waals surface area contributed by atoms with Crippen molar-refractivity contribution in [3.63, 3.8) is 0 Å². The van der Waals surface area contributed by atoms with Crippen molar-refractivity contribution in [2.75, 3.05) is 6.54 Å². The minimum atomic E-state index is -0.912. The van der Waals surface area contributed by atoms with Crippen molar-refractivity contribution in [2.24, 2.45) is 5.41 Å². The van der Waals surface area contributed by atoms with Crippen LogP contribution in [0.4, 0.5) is 0 Å². The summed E-state index contributed by atoms with van der Waals surface area (Å²) in [6.45, 7) is 3.55. The second-order valence-corrected chi connectivity index (χ2v) is 4.27. The number of aliphatic carboxylic acids is 1. The highest BCUT2D eigenvalue weighted by Gasteiger charge is 2.31. The molecule has 0 saturated heterocycles. The molecular formula is C13H17NO3. The Morgan fingerprint density at radius 3 is 2.35 bits per heavy atom. The quantitative estimate of drug-likeness (QED) is 0.819. The van der Waals surface area contributed by atoms with Crippen LogP contribution < -0.4 is 5.32 Å². The van der Waals surface area contributed by atoms with Crippen molar-refractivity contribution in [1.82, 2.24) is 5.32 Å². The molecule has 0 aromatic heterocycles. The van der Waals surface area contributed by atoms with Gasteiger partial charge in [0.15, 0.2) is 0 Å². The molecule has 1 aromatic rings. The molecule has 1 rings (SSSR count). The molecule has 4 nitrogen and oxygen atoms in total. The summed E-state index contributed by atoms with van der Waals surface area (Å²) in [5.74, 6) is -1.14. The second kappa shape index (κ2) is 5.48. The zero-order valence-electron chi connectivity index (χ0n) is 10.1. The normalized spacial score (nSPS) is 13.8. The predicted octanol–water partition coefficient (Wildman–Crippen LogP) is 1.92. The van der Waals surface area contributed by atoms with Gasteiger partial charge < -0.3 is 10.4 Å². The maximum atomic E-state index is 11.7. The van der Waals surface area contributed by atoms with E-state index in [0.29, 0.717) is 12.0 Å². The summed E-state index contributed by atoms with van der Waals surface area (Å²) in [6, 6.07) is 8.75. The summed E-state index contributed by atoms with van der Waals surface area (Å²) >= 11 is 0. The molecule has 1 aromatic carbocycles. The molecule has 0 aliphatic rings. The lowest BCUT2D eigenvalue weighted by Gasteiger charge is -2.23. The molecular weight excluding hydrogens is 218 g/mol. The Morgan fingerprint density at radius 2 is 1.88 bits per heavy atom. The van der Waals surface area contributed by atoms with Gasteiger partial charge in [-0.3, -0.25) is 9.59 Å². The van der Waals surface area contributed by atoms with Crippen LogP contribution >= 0.6 is 0 Å². The van der Waals surface area contributed by atoms with Crippen molar-refractivity contribution in [1.29, 1.82) is 0 Å². The summed E-state index contributed by atoms with van der Waals surface area (Å²) in [4.78, 5) is 22.8. The van der Waals surface area contributed by atoms with E-state index in [9.17, 15) is 9.59 Å². The van der Waals surface area contributed by atoms with Gasteiger partial charge in [0.2, 0.25) is 0 Å². The molecule has 0 spiro atoms. The predicted molar refractivity (Wildman–Crippen MR) is 64.8 cm³/mol. The van der Waals surface area contributed by atoms with Crippen LogP contribution in [0.3, 0.4) is 0 Å². The molecule has 0 heterocycles. The molecule has 92 valence electrons. The lowest BCUT2D eigenvalue weighted by atomic mass is 9.87. The number of amides is 1. The van der Waals surface area contributed by atoms with Crippen LogP contribution in [0.25, 0.3) is 0 Å². The highest BCUT2D eigenvalue weighted by atomic mass is 16.4. The highest BCUT2D eigenvalue weighted by Crippen LogP contribution is 2.20. The fourth-order valence-electron chi connectivity index (χ4n) is 1.32. The smallest absolute Gasteiger partial charge is 0.311 e. The van der Waals surface area contributed by atoms with Crippen LogP contribution in [-0.2, 0) is 4.79 Å². The van der Waals surface area contributed by atoms with Crippen LogP contribution in [0, 0.1) is 5.41 Å². The Morgan fingerprint density at radius 1 is 1.29 bits per heavy atom.